The van der Waals surface area contributed by atoms with Crippen molar-refractivity contribution in [1.29, 1.82) is 0 Å². The van der Waals surface area contributed by atoms with Crippen LogP contribution in [0.15, 0.2) is 30.3 Å². The van der Waals surface area contributed by atoms with Crippen molar-refractivity contribution in [2.75, 3.05) is 25.5 Å². The summed E-state index contributed by atoms with van der Waals surface area (Å²) in [6.45, 7) is -0.600. The van der Waals surface area contributed by atoms with Crippen LogP contribution >= 0.6 is 23.2 Å². The van der Waals surface area contributed by atoms with Crippen molar-refractivity contribution in [3.63, 3.8) is 0 Å². The third kappa shape index (κ3) is 6.03. The lowest BCUT2D eigenvalue weighted by Gasteiger charge is -2.43. The number of esters is 3. The van der Waals surface area contributed by atoms with Crippen molar-refractivity contribution >= 4 is 41.1 Å². The average Bonchev–Trinajstić information content (AvgIpc) is 2.75. The lowest BCUT2D eigenvalue weighted by Crippen LogP contribution is -2.62. The molecule has 0 aromatic heterocycles. The lowest BCUT2D eigenvalue weighted by atomic mass is 9.98. The highest BCUT2D eigenvalue weighted by Gasteiger charge is 2.52. The number of aliphatic hydroxyl groups excluding tert-OH is 1. The van der Waals surface area contributed by atoms with Gasteiger partial charge in [-0.1, -0.05) is 18.2 Å². The number of benzene rings is 1. The zero-order valence-electron chi connectivity index (χ0n) is 15.4. The predicted molar refractivity (Wildman–Crippen MR) is 99.6 cm³/mol. The Kier molecular flexibility index (Phi) is 9.12. The van der Waals surface area contributed by atoms with Gasteiger partial charge in [-0.05, 0) is 12.1 Å². The molecule has 1 aromatic rings. The second-order valence-electron chi connectivity index (χ2n) is 5.87. The van der Waals surface area contributed by atoms with Gasteiger partial charge in [-0.2, -0.15) is 0 Å². The Bertz CT molecular complexity index is 700. The summed E-state index contributed by atoms with van der Waals surface area (Å²) in [7, 11) is 1.26. The molecular formula is C18H20Cl2O9. The average molecular weight is 451 g/mol. The van der Waals surface area contributed by atoms with Gasteiger partial charge in [-0.15, -0.1) is 23.2 Å². The quantitative estimate of drug-likeness (QED) is 0.349. The van der Waals surface area contributed by atoms with Crippen LogP contribution in [0.2, 0.25) is 0 Å². The maximum atomic E-state index is 12.5. The number of alkyl halides is 2. The molecule has 0 aliphatic carbocycles. The summed E-state index contributed by atoms with van der Waals surface area (Å²) in [5.41, 5.74) is 0.217. The molecule has 29 heavy (non-hydrogen) atoms. The number of carbonyl (C=O) groups excluding carboxylic acids is 3. The maximum Gasteiger partial charge on any atom is 0.338 e. The Morgan fingerprint density at radius 3 is 2.07 bits per heavy atom. The Morgan fingerprint density at radius 2 is 1.55 bits per heavy atom. The molecule has 1 aliphatic rings. The first-order valence-electron chi connectivity index (χ1n) is 8.51. The second kappa shape index (κ2) is 11.3. The van der Waals surface area contributed by atoms with E-state index in [1.807, 2.05) is 0 Å². The van der Waals surface area contributed by atoms with Crippen molar-refractivity contribution < 1.29 is 43.2 Å². The molecule has 0 amide bonds. The Balaban J connectivity index is 2.36. The smallest absolute Gasteiger partial charge is 0.338 e. The summed E-state index contributed by atoms with van der Waals surface area (Å²) in [6.07, 6.45) is -6.36. The van der Waals surface area contributed by atoms with Crippen LogP contribution in [0.3, 0.4) is 0 Å². The lowest BCUT2D eigenvalue weighted by molar-refractivity contribution is -0.299. The molecule has 160 valence electrons. The summed E-state index contributed by atoms with van der Waals surface area (Å²) in [6, 6.07) is 8.02. The zero-order valence-corrected chi connectivity index (χ0v) is 16.9. The van der Waals surface area contributed by atoms with Crippen molar-refractivity contribution in [3.8, 4) is 0 Å². The highest BCUT2D eigenvalue weighted by Crippen LogP contribution is 2.29. The molecular weight excluding hydrogens is 431 g/mol. The Hall–Kier alpha value is -1.91. The number of rotatable bonds is 8. The van der Waals surface area contributed by atoms with Crippen LogP contribution in [0.25, 0.3) is 0 Å². The fourth-order valence-electron chi connectivity index (χ4n) is 2.75. The summed E-state index contributed by atoms with van der Waals surface area (Å²) < 4.78 is 26.6. The molecule has 0 saturated carbocycles. The maximum absolute atomic E-state index is 12.5. The van der Waals surface area contributed by atoms with E-state index in [1.54, 1.807) is 18.2 Å². The van der Waals surface area contributed by atoms with Crippen LogP contribution in [0.1, 0.15) is 10.4 Å². The molecule has 1 fully saturated rings. The van der Waals surface area contributed by atoms with E-state index < -0.39 is 67.0 Å². The molecule has 0 unspecified atom stereocenters. The summed E-state index contributed by atoms with van der Waals surface area (Å²) >= 11 is 11.0. The molecule has 1 N–H and O–H groups in total. The minimum absolute atomic E-state index is 0.217. The predicted octanol–water partition coefficient (Wildman–Crippen LogP) is 0.877. The number of carbonyl (C=O) groups is 3. The first-order chi connectivity index (χ1) is 13.9. The van der Waals surface area contributed by atoms with Crippen LogP contribution in [-0.4, -0.2) is 79.2 Å². The van der Waals surface area contributed by atoms with Crippen LogP contribution in [0, 0.1) is 0 Å². The monoisotopic (exact) mass is 450 g/mol. The molecule has 2 rings (SSSR count). The van der Waals surface area contributed by atoms with Gasteiger partial charge in [-0.25, -0.2) is 4.79 Å². The van der Waals surface area contributed by atoms with Gasteiger partial charge in [0, 0.05) is 7.11 Å². The fourth-order valence-corrected chi connectivity index (χ4v) is 2.88. The minimum atomic E-state index is -1.36. The first-order valence-corrected chi connectivity index (χ1v) is 9.58. The molecule has 0 spiro atoms. The highest BCUT2D eigenvalue weighted by atomic mass is 35.5. The molecule has 11 heteroatoms. The number of aliphatic hydroxyl groups is 1. The Labute approximate surface area is 176 Å². The molecule has 1 heterocycles. The van der Waals surface area contributed by atoms with E-state index >= 15 is 0 Å². The minimum Gasteiger partial charge on any atom is -0.453 e. The molecule has 1 aromatic carbocycles. The topological polar surface area (TPSA) is 118 Å². The number of hydrogen-bond acceptors (Lipinski definition) is 9. The fraction of sp³-hybridized carbons (Fsp3) is 0.500. The van der Waals surface area contributed by atoms with Gasteiger partial charge < -0.3 is 28.8 Å². The third-order valence-corrected chi connectivity index (χ3v) is 4.45. The Morgan fingerprint density at radius 1 is 0.966 bits per heavy atom. The summed E-state index contributed by atoms with van der Waals surface area (Å²) in [5.74, 6) is -3.46. The zero-order chi connectivity index (χ0) is 21.4. The third-order valence-electron chi connectivity index (χ3n) is 4.01. The van der Waals surface area contributed by atoms with Crippen molar-refractivity contribution in [3.05, 3.63) is 35.9 Å². The van der Waals surface area contributed by atoms with Crippen LogP contribution in [0.4, 0.5) is 0 Å². The van der Waals surface area contributed by atoms with Gasteiger partial charge in [0.05, 0.1) is 12.2 Å². The van der Waals surface area contributed by atoms with Crippen LogP contribution in [0.5, 0.6) is 0 Å². The number of methoxy groups -OCH3 is 1. The van der Waals surface area contributed by atoms with Crippen molar-refractivity contribution in [2.24, 2.45) is 0 Å². The first kappa shape index (κ1) is 23.4. The van der Waals surface area contributed by atoms with Crippen LogP contribution < -0.4 is 0 Å². The molecule has 1 aliphatic heterocycles. The van der Waals surface area contributed by atoms with Crippen LogP contribution in [-0.2, 0) is 33.3 Å². The van der Waals surface area contributed by atoms with Crippen molar-refractivity contribution in [2.45, 2.75) is 30.7 Å². The van der Waals surface area contributed by atoms with E-state index in [0.717, 1.165) is 0 Å². The molecule has 1 saturated heterocycles. The van der Waals surface area contributed by atoms with E-state index in [-0.39, 0.29) is 5.56 Å². The molecule has 5 atom stereocenters. The summed E-state index contributed by atoms with van der Waals surface area (Å²) in [5, 5.41) is 9.71. The molecule has 9 nitrogen and oxygen atoms in total. The highest BCUT2D eigenvalue weighted by molar-refractivity contribution is 6.26. The molecule has 0 radical (unpaired) electrons. The number of hydrogen-bond donors (Lipinski definition) is 1. The second-order valence-corrected chi connectivity index (χ2v) is 6.41. The van der Waals surface area contributed by atoms with E-state index in [4.69, 9.17) is 46.9 Å². The van der Waals surface area contributed by atoms with E-state index in [9.17, 15) is 19.5 Å². The molecule has 0 bridgehead atoms. The van der Waals surface area contributed by atoms with E-state index in [1.165, 1.54) is 19.2 Å². The van der Waals surface area contributed by atoms with Gasteiger partial charge in [-0.3, -0.25) is 9.59 Å². The SMILES string of the molecule is CO[C@H]1O[C@H](CO)[C@@H](OC(=O)c2ccccc2)[C@H](OC(=O)CCl)[C@H]1OC(=O)CCl. The number of halogens is 2. The van der Waals surface area contributed by atoms with E-state index in [0.29, 0.717) is 0 Å². The van der Waals surface area contributed by atoms with Crippen molar-refractivity contribution in [1.82, 2.24) is 0 Å². The van der Waals surface area contributed by atoms with Gasteiger partial charge in [0.15, 0.2) is 24.6 Å². The number of ether oxygens (including phenoxy) is 5. The summed E-state index contributed by atoms with van der Waals surface area (Å²) in [4.78, 5) is 36.1. The van der Waals surface area contributed by atoms with Gasteiger partial charge in [0.2, 0.25) is 0 Å². The standard InChI is InChI=1S/C18H20Cl2O9/c1-25-18-16(28-13(23)8-20)15(27-12(22)7-19)14(11(9-21)26-18)29-17(24)10-5-3-2-4-6-10/h2-6,11,14-16,18,21H,7-9H2,1H3/t11-,14-,15+,16-,18+/m1/s1. The largest absolute Gasteiger partial charge is 0.453 e. The normalized spacial score (nSPS) is 26.4. The van der Waals surface area contributed by atoms with Gasteiger partial charge in [0.25, 0.3) is 0 Å². The van der Waals surface area contributed by atoms with Gasteiger partial charge >= 0.3 is 17.9 Å². The van der Waals surface area contributed by atoms with E-state index in [2.05, 4.69) is 0 Å². The van der Waals surface area contributed by atoms with Gasteiger partial charge in [0.1, 0.15) is 17.9 Å².